The summed E-state index contributed by atoms with van der Waals surface area (Å²) in [6.45, 7) is 2.88. The van der Waals surface area contributed by atoms with Gasteiger partial charge in [0.25, 0.3) is 0 Å². The second-order valence-corrected chi connectivity index (χ2v) is 5.97. The summed E-state index contributed by atoms with van der Waals surface area (Å²) in [5.74, 6) is -0.177. The molecule has 1 aromatic carbocycles. The first-order valence-corrected chi connectivity index (χ1v) is 7.30. The summed E-state index contributed by atoms with van der Waals surface area (Å²) in [5.41, 5.74) is 6.06. The summed E-state index contributed by atoms with van der Waals surface area (Å²) in [5, 5.41) is 4.06. The predicted molar refractivity (Wildman–Crippen MR) is 80.0 cm³/mol. The number of amides is 1. The molecule has 110 valence electrons. The van der Waals surface area contributed by atoms with Gasteiger partial charge in [-0.25, -0.2) is 0 Å². The summed E-state index contributed by atoms with van der Waals surface area (Å²) in [4.78, 5) is 12.3. The van der Waals surface area contributed by atoms with Crippen molar-refractivity contribution in [1.82, 2.24) is 5.32 Å². The van der Waals surface area contributed by atoms with Crippen molar-refractivity contribution >= 4 is 29.1 Å². The molecule has 2 rings (SSSR count). The Morgan fingerprint density at radius 3 is 2.70 bits per heavy atom. The van der Waals surface area contributed by atoms with E-state index in [1.54, 1.807) is 18.2 Å². The lowest BCUT2D eigenvalue weighted by Crippen LogP contribution is -2.57. The van der Waals surface area contributed by atoms with Crippen molar-refractivity contribution in [3.63, 3.8) is 0 Å². The van der Waals surface area contributed by atoms with Gasteiger partial charge in [-0.05, 0) is 43.5 Å². The molecule has 0 aliphatic carbocycles. The fourth-order valence-corrected chi connectivity index (χ4v) is 2.69. The molecule has 0 spiro atoms. The number of nitrogens with one attached hydrogen (secondary N) is 1. The fourth-order valence-electron chi connectivity index (χ4n) is 2.23. The van der Waals surface area contributed by atoms with E-state index in [2.05, 4.69) is 5.32 Å². The number of rotatable bonds is 3. The minimum absolute atomic E-state index is 0.177. The molecule has 1 aliphatic heterocycles. The molecule has 0 saturated carbocycles. The predicted octanol–water partition coefficient (Wildman–Crippen LogP) is 2.68. The number of carbonyl (C=O) groups is 1. The van der Waals surface area contributed by atoms with Gasteiger partial charge in [-0.15, -0.1) is 0 Å². The van der Waals surface area contributed by atoms with E-state index in [-0.39, 0.29) is 11.9 Å². The Kier molecular flexibility index (Phi) is 4.91. The van der Waals surface area contributed by atoms with Gasteiger partial charge in [0.05, 0.1) is 11.6 Å². The Morgan fingerprint density at radius 2 is 2.05 bits per heavy atom. The van der Waals surface area contributed by atoms with Gasteiger partial charge in [-0.2, -0.15) is 0 Å². The maximum Gasteiger partial charge on any atom is 0.240 e. The van der Waals surface area contributed by atoms with Gasteiger partial charge in [-0.1, -0.05) is 23.2 Å². The number of hydrogen-bond acceptors (Lipinski definition) is 3. The zero-order valence-corrected chi connectivity index (χ0v) is 12.8. The Balaban J connectivity index is 2.08. The normalized spacial score (nSPS) is 19.4. The molecule has 4 nitrogen and oxygen atoms in total. The molecule has 1 fully saturated rings. The van der Waals surface area contributed by atoms with Crippen LogP contribution in [0.15, 0.2) is 18.2 Å². The van der Waals surface area contributed by atoms with Crippen LogP contribution in [0.25, 0.3) is 0 Å². The first kappa shape index (κ1) is 15.6. The minimum Gasteiger partial charge on any atom is -0.381 e. The van der Waals surface area contributed by atoms with Crippen LogP contribution in [0.1, 0.15) is 31.4 Å². The smallest absolute Gasteiger partial charge is 0.240 e. The Bertz CT molecular complexity index is 502. The molecule has 0 radical (unpaired) electrons. The van der Waals surface area contributed by atoms with Crippen LogP contribution >= 0.6 is 23.2 Å². The average molecular weight is 317 g/mol. The van der Waals surface area contributed by atoms with E-state index in [1.807, 2.05) is 6.92 Å². The summed E-state index contributed by atoms with van der Waals surface area (Å²) >= 11 is 12.1. The third-order valence-corrected chi connectivity index (χ3v) is 4.19. The third kappa shape index (κ3) is 3.44. The van der Waals surface area contributed by atoms with Gasteiger partial charge in [0.1, 0.15) is 0 Å². The van der Waals surface area contributed by atoms with E-state index in [0.29, 0.717) is 36.1 Å². The summed E-state index contributed by atoms with van der Waals surface area (Å²) in [6, 6.07) is 4.93. The molecule has 1 saturated heterocycles. The molecule has 1 unspecified atom stereocenters. The van der Waals surface area contributed by atoms with Gasteiger partial charge < -0.3 is 15.8 Å². The Hall–Kier alpha value is -0.810. The molecular weight excluding hydrogens is 299 g/mol. The van der Waals surface area contributed by atoms with Crippen LogP contribution in [-0.2, 0) is 9.53 Å². The third-order valence-electron chi connectivity index (χ3n) is 3.61. The first-order chi connectivity index (χ1) is 9.42. The largest absolute Gasteiger partial charge is 0.381 e. The lowest BCUT2D eigenvalue weighted by molar-refractivity contribution is -0.130. The van der Waals surface area contributed by atoms with Gasteiger partial charge in [0.15, 0.2) is 0 Å². The zero-order valence-electron chi connectivity index (χ0n) is 11.3. The molecule has 6 heteroatoms. The van der Waals surface area contributed by atoms with Crippen LogP contribution in [0.5, 0.6) is 0 Å². The minimum atomic E-state index is -0.864. The maximum absolute atomic E-state index is 12.3. The summed E-state index contributed by atoms with van der Waals surface area (Å²) in [7, 11) is 0. The zero-order chi connectivity index (χ0) is 14.8. The van der Waals surface area contributed by atoms with Crippen LogP contribution in [0, 0.1) is 0 Å². The average Bonchev–Trinajstić information content (AvgIpc) is 2.42. The van der Waals surface area contributed by atoms with Crippen molar-refractivity contribution in [2.75, 3.05) is 13.2 Å². The summed E-state index contributed by atoms with van der Waals surface area (Å²) < 4.78 is 5.24. The molecule has 1 heterocycles. The number of carbonyl (C=O) groups excluding carboxylic acids is 1. The van der Waals surface area contributed by atoms with E-state index in [0.717, 1.165) is 5.56 Å². The van der Waals surface area contributed by atoms with E-state index >= 15 is 0 Å². The van der Waals surface area contributed by atoms with Crippen molar-refractivity contribution in [1.29, 1.82) is 0 Å². The summed E-state index contributed by atoms with van der Waals surface area (Å²) in [6.07, 6.45) is 1.05. The highest BCUT2D eigenvalue weighted by Gasteiger charge is 2.36. The monoisotopic (exact) mass is 316 g/mol. The number of ether oxygens (including phenoxy) is 1. The molecule has 0 aromatic heterocycles. The second kappa shape index (κ2) is 6.31. The van der Waals surface area contributed by atoms with E-state index in [9.17, 15) is 4.79 Å². The lowest BCUT2D eigenvalue weighted by Gasteiger charge is -2.33. The molecule has 1 aliphatic rings. The molecule has 1 aromatic rings. The number of benzene rings is 1. The van der Waals surface area contributed by atoms with Gasteiger partial charge in [0, 0.05) is 23.3 Å². The van der Waals surface area contributed by atoms with E-state index < -0.39 is 5.54 Å². The quantitative estimate of drug-likeness (QED) is 0.901. The SMILES string of the molecule is CC(NC(=O)C1(N)CCOCC1)c1cc(Cl)ccc1Cl. The maximum atomic E-state index is 12.3. The van der Waals surface area contributed by atoms with Gasteiger partial charge >= 0.3 is 0 Å². The topological polar surface area (TPSA) is 64.4 Å². The van der Waals surface area contributed by atoms with E-state index in [1.165, 1.54) is 0 Å². The molecule has 1 amide bonds. The van der Waals surface area contributed by atoms with E-state index in [4.69, 9.17) is 33.7 Å². The van der Waals surface area contributed by atoms with Crippen LogP contribution in [0.4, 0.5) is 0 Å². The standard InChI is InChI=1S/C14H18Cl2N2O2/c1-9(11-8-10(15)2-3-12(11)16)18-13(19)14(17)4-6-20-7-5-14/h2-3,8-9H,4-7,17H2,1H3,(H,18,19). The Morgan fingerprint density at radius 1 is 1.40 bits per heavy atom. The van der Waals surface area contributed by atoms with Gasteiger partial charge in [-0.3, -0.25) is 4.79 Å². The highest BCUT2D eigenvalue weighted by Crippen LogP contribution is 2.27. The van der Waals surface area contributed by atoms with Crippen molar-refractivity contribution < 1.29 is 9.53 Å². The highest BCUT2D eigenvalue weighted by molar-refractivity contribution is 6.33. The number of hydrogen-bond donors (Lipinski definition) is 2. The molecule has 3 N–H and O–H groups in total. The number of halogens is 2. The molecule has 20 heavy (non-hydrogen) atoms. The van der Waals surface area contributed by atoms with Crippen molar-refractivity contribution in [3.8, 4) is 0 Å². The van der Waals surface area contributed by atoms with Crippen LogP contribution in [0.3, 0.4) is 0 Å². The van der Waals surface area contributed by atoms with Crippen molar-refractivity contribution in [3.05, 3.63) is 33.8 Å². The van der Waals surface area contributed by atoms with Crippen LogP contribution < -0.4 is 11.1 Å². The first-order valence-electron chi connectivity index (χ1n) is 6.55. The van der Waals surface area contributed by atoms with Crippen LogP contribution in [0.2, 0.25) is 10.0 Å². The second-order valence-electron chi connectivity index (χ2n) is 5.13. The Labute approximate surface area is 128 Å². The van der Waals surface area contributed by atoms with Crippen molar-refractivity contribution in [2.24, 2.45) is 5.73 Å². The molecule has 0 bridgehead atoms. The lowest BCUT2D eigenvalue weighted by atomic mass is 9.90. The highest BCUT2D eigenvalue weighted by atomic mass is 35.5. The number of nitrogens with two attached hydrogens (primary N) is 1. The van der Waals surface area contributed by atoms with Crippen LogP contribution in [-0.4, -0.2) is 24.7 Å². The molecular formula is C14H18Cl2N2O2. The molecule has 1 atom stereocenters. The van der Waals surface area contributed by atoms with Gasteiger partial charge in [0.2, 0.25) is 5.91 Å². The fraction of sp³-hybridized carbons (Fsp3) is 0.500. The van der Waals surface area contributed by atoms with Crippen molar-refractivity contribution in [2.45, 2.75) is 31.3 Å².